The predicted octanol–water partition coefficient (Wildman–Crippen LogP) is 5.12. The van der Waals surface area contributed by atoms with E-state index >= 15 is 0 Å². The fraction of sp³-hybridized carbons (Fsp3) is 0.192. The van der Waals surface area contributed by atoms with Gasteiger partial charge in [-0.3, -0.25) is 4.79 Å². The minimum atomic E-state index is -4.69. The lowest BCUT2D eigenvalue weighted by atomic mass is 10.0. The Morgan fingerprint density at radius 3 is 2.32 bits per heavy atom. The number of fused-ring (bicyclic) bond motifs is 1. The third-order valence-corrected chi connectivity index (χ3v) is 5.73. The van der Waals surface area contributed by atoms with Gasteiger partial charge in [-0.25, -0.2) is 9.50 Å². The minimum Gasteiger partial charge on any atom is -0.484 e. The van der Waals surface area contributed by atoms with Crippen LogP contribution in [0.2, 0.25) is 0 Å². The second-order valence-electron chi connectivity index (χ2n) is 8.80. The molecular weight excluding hydrogens is 501 g/mol. The molecule has 0 spiro atoms. The minimum absolute atomic E-state index is 0.0199. The zero-order valence-electron chi connectivity index (χ0n) is 20.2. The molecule has 0 saturated heterocycles. The molecule has 2 aromatic carbocycles. The maximum atomic E-state index is 14.0. The summed E-state index contributed by atoms with van der Waals surface area (Å²) < 4.78 is 53.1. The van der Waals surface area contributed by atoms with Crippen LogP contribution in [0, 0.1) is 0 Å². The number of nitrogens with two attached hydrogens (primary N) is 1. The van der Waals surface area contributed by atoms with Gasteiger partial charge in [0.25, 0.3) is 11.8 Å². The van der Waals surface area contributed by atoms with Gasteiger partial charge >= 0.3 is 6.18 Å². The Kier molecular flexibility index (Phi) is 6.31. The third-order valence-electron chi connectivity index (χ3n) is 5.73. The molecule has 0 radical (unpaired) electrons. The number of amides is 1. The van der Waals surface area contributed by atoms with Crippen molar-refractivity contribution in [1.82, 2.24) is 24.7 Å². The molecule has 3 aromatic heterocycles. The van der Waals surface area contributed by atoms with E-state index in [1.54, 1.807) is 36.4 Å². The van der Waals surface area contributed by atoms with Gasteiger partial charge in [-0.15, -0.1) is 0 Å². The molecule has 9 nitrogen and oxygen atoms in total. The highest BCUT2D eigenvalue weighted by Gasteiger charge is 2.35. The van der Waals surface area contributed by atoms with Crippen LogP contribution in [0.1, 0.15) is 31.0 Å². The van der Waals surface area contributed by atoms with Crippen LogP contribution < -0.4 is 10.5 Å². The van der Waals surface area contributed by atoms with Gasteiger partial charge in [-0.1, -0.05) is 43.3 Å². The first kappa shape index (κ1) is 24.9. The Morgan fingerprint density at radius 2 is 1.68 bits per heavy atom. The normalized spacial score (nSPS) is 11.8. The molecule has 0 atom stereocenters. The molecule has 0 fully saturated rings. The summed E-state index contributed by atoms with van der Waals surface area (Å²) in [4.78, 5) is 19.5. The number of alkyl halides is 3. The quantitative estimate of drug-likeness (QED) is 0.315. The number of benzene rings is 2. The number of aromatic nitrogens is 5. The van der Waals surface area contributed by atoms with E-state index in [-0.39, 0.29) is 41.3 Å². The van der Waals surface area contributed by atoms with E-state index in [9.17, 15) is 18.0 Å². The molecule has 194 valence electrons. The zero-order valence-corrected chi connectivity index (χ0v) is 20.2. The van der Waals surface area contributed by atoms with Gasteiger partial charge in [0.2, 0.25) is 5.82 Å². The maximum absolute atomic E-state index is 14.0. The van der Waals surface area contributed by atoms with Gasteiger partial charge in [-0.05, 0) is 41.8 Å². The number of carbonyl (C=O) groups is 1. The highest BCUT2D eigenvalue weighted by molar-refractivity contribution is 5.75. The van der Waals surface area contributed by atoms with E-state index in [0.29, 0.717) is 16.9 Å². The van der Waals surface area contributed by atoms with E-state index in [1.807, 2.05) is 26.0 Å². The molecule has 1 amide bonds. The Hall–Kier alpha value is -4.74. The number of halogens is 3. The molecule has 2 N–H and O–H groups in total. The number of hydrogen-bond donors (Lipinski definition) is 1. The molecule has 12 heteroatoms. The average Bonchev–Trinajstić information content (AvgIpc) is 3.54. The monoisotopic (exact) mass is 522 g/mol. The molecule has 0 aliphatic carbocycles. The number of hydrogen-bond acceptors (Lipinski definition) is 7. The molecule has 3 heterocycles. The van der Waals surface area contributed by atoms with Gasteiger partial charge in [0, 0.05) is 17.2 Å². The van der Waals surface area contributed by atoms with Gasteiger partial charge in [0.15, 0.2) is 23.6 Å². The van der Waals surface area contributed by atoms with Crippen molar-refractivity contribution in [2.45, 2.75) is 25.9 Å². The first-order valence-corrected chi connectivity index (χ1v) is 11.5. The van der Waals surface area contributed by atoms with Crippen molar-refractivity contribution in [2.75, 3.05) is 6.61 Å². The molecule has 5 rings (SSSR count). The molecule has 0 aliphatic heterocycles. The Balaban J connectivity index is 1.49. The van der Waals surface area contributed by atoms with Crippen molar-refractivity contribution in [3.05, 3.63) is 71.9 Å². The predicted molar refractivity (Wildman–Crippen MR) is 131 cm³/mol. The Bertz CT molecular complexity index is 1610. The van der Waals surface area contributed by atoms with E-state index in [1.165, 1.54) is 6.07 Å². The van der Waals surface area contributed by atoms with Crippen LogP contribution in [0.4, 0.5) is 13.2 Å². The van der Waals surface area contributed by atoms with Crippen molar-refractivity contribution < 1.29 is 27.2 Å². The van der Waals surface area contributed by atoms with Gasteiger partial charge in [0.1, 0.15) is 5.75 Å². The second kappa shape index (κ2) is 9.61. The summed E-state index contributed by atoms with van der Waals surface area (Å²) in [6, 6.07) is 16.0. The third kappa shape index (κ3) is 5.05. The van der Waals surface area contributed by atoms with Gasteiger partial charge < -0.3 is 15.0 Å². The summed E-state index contributed by atoms with van der Waals surface area (Å²) in [7, 11) is 0. The van der Waals surface area contributed by atoms with E-state index in [0.717, 1.165) is 16.1 Å². The number of carbonyl (C=O) groups excluding carboxylic acids is 1. The second-order valence-corrected chi connectivity index (χ2v) is 8.80. The van der Waals surface area contributed by atoms with Crippen molar-refractivity contribution >= 4 is 11.6 Å². The van der Waals surface area contributed by atoms with Crippen LogP contribution in [0.3, 0.4) is 0 Å². The molecule has 5 aromatic rings. The van der Waals surface area contributed by atoms with Crippen LogP contribution in [-0.4, -0.2) is 37.3 Å². The van der Waals surface area contributed by atoms with Crippen molar-refractivity contribution in [2.24, 2.45) is 5.73 Å². The number of nitrogens with zero attached hydrogens (tertiary/aromatic N) is 5. The van der Waals surface area contributed by atoms with Crippen LogP contribution in [0.25, 0.3) is 39.9 Å². The molecule has 0 unspecified atom stereocenters. The van der Waals surface area contributed by atoms with Gasteiger partial charge in [-0.2, -0.15) is 23.3 Å². The average molecular weight is 522 g/mol. The van der Waals surface area contributed by atoms with Crippen LogP contribution in [-0.2, 0) is 11.0 Å². The number of rotatable bonds is 7. The summed E-state index contributed by atoms with van der Waals surface area (Å²) >= 11 is 0. The number of ether oxygens (including phenoxy) is 1. The first-order valence-electron chi connectivity index (χ1n) is 11.5. The van der Waals surface area contributed by atoms with Crippen LogP contribution in [0.15, 0.2) is 65.2 Å². The summed E-state index contributed by atoms with van der Waals surface area (Å²) in [5.74, 6) is 0.208. The number of primary amides is 1. The lowest BCUT2D eigenvalue weighted by molar-refractivity contribution is -0.142. The highest BCUT2D eigenvalue weighted by atomic mass is 19.4. The SMILES string of the molecule is CC(C)c1ccc(-c2cc(C(F)(F)F)n3nc(-c4nc(-c5ccc(OCC(N)=O)cc5)no4)cc3n2)cc1. The summed E-state index contributed by atoms with van der Waals surface area (Å²) in [6.45, 7) is 3.81. The maximum Gasteiger partial charge on any atom is 0.433 e. The Morgan fingerprint density at radius 1 is 1.00 bits per heavy atom. The van der Waals surface area contributed by atoms with E-state index in [4.69, 9.17) is 15.0 Å². The zero-order chi connectivity index (χ0) is 27.0. The molecule has 0 aliphatic rings. The fourth-order valence-electron chi connectivity index (χ4n) is 3.77. The topological polar surface area (TPSA) is 121 Å². The summed E-state index contributed by atoms with van der Waals surface area (Å²) in [5.41, 5.74) is 6.43. The molecular formula is C26H21F3N6O3. The van der Waals surface area contributed by atoms with Crippen LogP contribution in [0.5, 0.6) is 5.75 Å². The van der Waals surface area contributed by atoms with E-state index in [2.05, 4.69) is 20.2 Å². The van der Waals surface area contributed by atoms with Crippen LogP contribution >= 0.6 is 0 Å². The van der Waals surface area contributed by atoms with Gasteiger partial charge in [0.05, 0.1) is 5.69 Å². The fourth-order valence-corrected chi connectivity index (χ4v) is 3.77. The van der Waals surface area contributed by atoms with Crippen molar-refractivity contribution in [3.63, 3.8) is 0 Å². The summed E-state index contributed by atoms with van der Waals surface area (Å²) in [6.07, 6.45) is -4.69. The van der Waals surface area contributed by atoms with E-state index < -0.39 is 17.8 Å². The van der Waals surface area contributed by atoms with Crippen molar-refractivity contribution in [1.29, 1.82) is 0 Å². The molecule has 38 heavy (non-hydrogen) atoms. The lowest BCUT2D eigenvalue weighted by Gasteiger charge is -2.11. The molecule has 0 bridgehead atoms. The smallest absolute Gasteiger partial charge is 0.433 e. The standard InChI is InChI=1S/C26H21F3N6O3/c1-14(2)15-3-5-16(6-4-15)19-11-21(26(27,28)29)35-23(31-19)12-20(33-35)25-32-24(34-38-25)17-7-9-18(10-8-17)37-13-22(30)36/h3-12,14H,13H2,1-2H3,(H2,30,36). The lowest BCUT2D eigenvalue weighted by Crippen LogP contribution is -2.19. The first-order chi connectivity index (χ1) is 18.1. The highest BCUT2D eigenvalue weighted by Crippen LogP contribution is 2.34. The van der Waals surface area contributed by atoms with Crippen molar-refractivity contribution in [3.8, 4) is 40.0 Å². The summed E-state index contributed by atoms with van der Waals surface area (Å²) in [5, 5.41) is 7.96. The Labute approximate surface area is 214 Å². The molecule has 0 saturated carbocycles. The largest absolute Gasteiger partial charge is 0.484 e.